The molecule has 1 saturated carbocycles. The lowest BCUT2D eigenvalue weighted by molar-refractivity contribution is 0.0284. The molecule has 0 aromatic heterocycles. The van der Waals surface area contributed by atoms with Crippen LogP contribution in [0.25, 0.3) is 0 Å². The Morgan fingerprint density at radius 2 is 2.41 bits per heavy atom. The second kappa shape index (κ2) is 4.81. The van der Waals surface area contributed by atoms with Crippen LogP contribution in [0.5, 0.6) is 0 Å². The first kappa shape index (κ1) is 11.8. The fourth-order valence-corrected chi connectivity index (χ4v) is 4.27. The third-order valence-electron chi connectivity index (χ3n) is 4.26. The molecule has 0 bridgehead atoms. The van der Waals surface area contributed by atoms with Gasteiger partial charge in [-0.3, -0.25) is 4.99 Å². The molecule has 17 heavy (non-hydrogen) atoms. The van der Waals surface area contributed by atoms with Crippen LogP contribution in [0, 0.1) is 5.92 Å². The maximum atomic E-state index is 5.77. The molecule has 0 spiro atoms. The van der Waals surface area contributed by atoms with E-state index in [1.165, 1.54) is 31.4 Å². The van der Waals surface area contributed by atoms with Gasteiger partial charge < -0.3 is 10.1 Å². The maximum Gasteiger partial charge on any atom is 0.156 e. The first-order valence-electron chi connectivity index (χ1n) is 6.83. The van der Waals surface area contributed by atoms with Gasteiger partial charge in [-0.1, -0.05) is 18.2 Å². The van der Waals surface area contributed by atoms with Crippen LogP contribution in [0.4, 0.5) is 0 Å². The first-order valence-corrected chi connectivity index (χ1v) is 7.81. The van der Waals surface area contributed by atoms with Gasteiger partial charge in [-0.2, -0.15) is 0 Å². The average Bonchev–Trinajstić information content (AvgIpc) is 2.95. The van der Waals surface area contributed by atoms with Gasteiger partial charge in [-0.15, -0.1) is 0 Å². The van der Waals surface area contributed by atoms with Crippen molar-refractivity contribution in [2.75, 3.05) is 18.9 Å². The third-order valence-corrected chi connectivity index (χ3v) is 5.37. The predicted molar refractivity (Wildman–Crippen MR) is 72.6 cm³/mol. The number of aliphatic imine (C=N–C) groups is 1. The van der Waals surface area contributed by atoms with Gasteiger partial charge in [0.15, 0.2) is 5.17 Å². The van der Waals surface area contributed by atoms with Crippen LogP contribution in [0.3, 0.4) is 0 Å². The van der Waals surface area contributed by atoms with Crippen molar-refractivity contribution >= 4 is 16.9 Å². The molecule has 3 nitrogen and oxygen atoms in total. The summed E-state index contributed by atoms with van der Waals surface area (Å²) in [6.45, 7) is 3.92. The highest BCUT2D eigenvalue weighted by molar-refractivity contribution is 8.13. The highest BCUT2D eigenvalue weighted by atomic mass is 32.2. The summed E-state index contributed by atoms with van der Waals surface area (Å²) in [7, 11) is 0. The van der Waals surface area contributed by atoms with Gasteiger partial charge in [0.25, 0.3) is 0 Å². The Bertz CT molecular complexity index is 313. The van der Waals surface area contributed by atoms with Crippen LogP contribution >= 0.6 is 11.8 Å². The van der Waals surface area contributed by atoms with Crippen molar-refractivity contribution < 1.29 is 4.74 Å². The molecule has 0 radical (unpaired) electrons. The van der Waals surface area contributed by atoms with Crippen LogP contribution < -0.4 is 5.32 Å². The molecule has 2 saturated heterocycles. The Balaban J connectivity index is 1.57. The topological polar surface area (TPSA) is 33.6 Å². The van der Waals surface area contributed by atoms with Crippen LogP contribution in [-0.4, -0.2) is 35.7 Å². The normalized spacial score (nSPS) is 43.7. The highest BCUT2D eigenvalue weighted by Gasteiger charge is 2.33. The maximum absolute atomic E-state index is 5.77. The lowest BCUT2D eigenvalue weighted by atomic mass is 10.0. The molecule has 1 aliphatic carbocycles. The second-order valence-electron chi connectivity index (χ2n) is 5.78. The first-order chi connectivity index (χ1) is 8.25. The molecule has 3 fully saturated rings. The van der Waals surface area contributed by atoms with Crippen molar-refractivity contribution in [1.29, 1.82) is 0 Å². The summed E-state index contributed by atoms with van der Waals surface area (Å²) >= 11 is 1.91. The summed E-state index contributed by atoms with van der Waals surface area (Å²) in [5.41, 5.74) is 0.00175. The van der Waals surface area contributed by atoms with Gasteiger partial charge in [-0.25, -0.2) is 0 Å². The number of rotatable bonds is 2. The summed E-state index contributed by atoms with van der Waals surface area (Å²) in [6, 6.07) is 0.701. The number of hydrogen-bond donors (Lipinski definition) is 1. The summed E-state index contributed by atoms with van der Waals surface area (Å²) in [6.07, 6.45) is 6.46. The zero-order chi connectivity index (χ0) is 11.7. The van der Waals surface area contributed by atoms with Gasteiger partial charge in [0.1, 0.15) is 0 Å². The lowest BCUT2D eigenvalue weighted by Crippen LogP contribution is -2.42. The zero-order valence-corrected chi connectivity index (χ0v) is 11.4. The zero-order valence-electron chi connectivity index (χ0n) is 10.6. The SMILES string of the molecule is CC1(CN=C2NC3CCCC3CS2)CCCO1. The largest absolute Gasteiger partial charge is 0.373 e. The molecule has 3 aliphatic rings. The Morgan fingerprint density at radius 1 is 1.47 bits per heavy atom. The molecule has 0 amide bonds. The summed E-state index contributed by atoms with van der Waals surface area (Å²) in [5, 5.41) is 4.77. The van der Waals surface area contributed by atoms with Crippen LogP contribution in [0.15, 0.2) is 4.99 Å². The minimum absolute atomic E-state index is 0.00175. The Kier molecular flexibility index (Phi) is 3.35. The van der Waals surface area contributed by atoms with Crippen molar-refractivity contribution in [3.8, 4) is 0 Å². The van der Waals surface area contributed by atoms with Gasteiger partial charge in [-0.05, 0) is 38.5 Å². The highest BCUT2D eigenvalue weighted by Crippen LogP contribution is 2.33. The summed E-state index contributed by atoms with van der Waals surface area (Å²) < 4.78 is 5.77. The van der Waals surface area contributed by atoms with E-state index in [0.717, 1.165) is 30.7 Å². The number of amidine groups is 1. The molecule has 96 valence electrons. The molecule has 4 heteroatoms. The third kappa shape index (κ3) is 2.63. The van der Waals surface area contributed by atoms with Crippen molar-refractivity contribution in [3.05, 3.63) is 0 Å². The number of fused-ring (bicyclic) bond motifs is 1. The molecule has 3 atom stereocenters. The molecule has 3 unspecified atom stereocenters. The van der Waals surface area contributed by atoms with E-state index in [0.29, 0.717) is 6.04 Å². The van der Waals surface area contributed by atoms with E-state index in [-0.39, 0.29) is 5.60 Å². The van der Waals surface area contributed by atoms with E-state index < -0.39 is 0 Å². The molecule has 2 heterocycles. The van der Waals surface area contributed by atoms with Crippen molar-refractivity contribution in [3.63, 3.8) is 0 Å². The quantitative estimate of drug-likeness (QED) is 0.821. The van der Waals surface area contributed by atoms with Crippen LogP contribution in [0.2, 0.25) is 0 Å². The molecule has 0 aromatic rings. The van der Waals surface area contributed by atoms with E-state index in [4.69, 9.17) is 9.73 Å². The van der Waals surface area contributed by atoms with Gasteiger partial charge >= 0.3 is 0 Å². The monoisotopic (exact) mass is 254 g/mol. The lowest BCUT2D eigenvalue weighted by Gasteiger charge is -2.29. The van der Waals surface area contributed by atoms with Crippen molar-refractivity contribution in [2.45, 2.75) is 50.7 Å². The van der Waals surface area contributed by atoms with E-state index >= 15 is 0 Å². The van der Waals surface area contributed by atoms with Gasteiger partial charge in [0, 0.05) is 18.4 Å². The van der Waals surface area contributed by atoms with E-state index in [9.17, 15) is 0 Å². The van der Waals surface area contributed by atoms with Crippen LogP contribution in [0.1, 0.15) is 39.0 Å². The van der Waals surface area contributed by atoms with E-state index in [2.05, 4.69) is 12.2 Å². The van der Waals surface area contributed by atoms with Crippen molar-refractivity contribution in [2.24, 2.45) is 10.9 Å². The van der Waals surface area contributed by atoms with Crippen LogP contribution in [-0.2, 0) is 4.74 Å². The number of ether oxygens (including phenoxy) is 1. The molecular weight excluding hydrogens is 232 g/mol. The van der Waals surface area contributed by atoms with E-state index in [1.807, 2.05) is 11.8 Å². The Hall–Kier alpha value is -0.220. The number of hydrogen-bond acceptors (Lipinski definition) is 3. The van der Waals surface area contributed by atoms with Gasteiger partial charge in [0.2, 0.25) is 0 Å². The predicted octanol–water partition coefficient (Wildman–Crippen LogP) is 2.42. The summed E-state index contributed by atoms with van der Waals surface area (Å²) in [4.78, 5) is 4.74. The smallest absolute Gasteiger partial charge is 0.156 e. The molecular formula is C13H22N2OS. The fourth-order valence-electron chi connectivity index (χ4n) is 3.10. The summed E-state index contributed by atoms with van der Waals surface area (Å²) in [5.74, 6) is 2.14. The Morgan fingerprint density at radius 3 is 3.24 bits per heavy atom. The minimum Gasteiger partial charge on any atom is -0.373 e. The van der Waals surface area contributed by atoms with Crippen molar-refractivity contribution in [1.82, 2.24) is 5.32 Å². The van der Waals surface area contributed by atoms with E-state index in [1.54, 1.807) is 0 Å². The molecule has 2 aliphatic heterocycles. The molecule has 1 N–H and O–H groups in total. The fraction of sp³-hybridized carbons (Fsp3) is 0.923. The molecule has 0 aromatic carbocycles. The minimum atomic E-state index is 0.00175. The number of nitrogens with zero attached hydrogens (tertiary/aromatic N) is 1. The Labute approximate surface area is 108 Å². The number of thioether (sulfide) groups is 1. The number of nitrogens with one attached hydrogen (secondary N) is 1. The van der Waals surface area contributed by atoms with Gasteiger partial charge in [0.05, 0.1) is 12.1 Å². The second-order valence-corrected chi connectivity index (χ2v) is 6.78. The standard InChI is InChI=1S/C13H22N2OS/c1-13(6-3-7-16-13)9-14-12-15-11-5-2-4-10(11)8-17-12/h10-11H,2-9H2,1H3,(H,14,15). The molecule has 3 rings (SSSR count). The average molecular weight is 254 g/mol.